The number of methoxy groups -OCH3 is 1. The molecule has 10 heteroatoms. The van der Waals surface area contributed by atoms with Gasteiger partial charge in [-0.15, -0.1) is 0 Å². The third kappa shape index (κ3) is 18.1. The molecule has 20 heavy (non-hydrogen) atoms. The molecule has 118 valence electrons. The van der Waals surface area contributed by atoms with Gasteiger partial charge in [-0.25, -0.2) is 14.4 Å². The number of hydrogen-bond acceptors (Lipinski definition) is 7. The van der Waals surface area contributed by atoms with E-state index in [9.17, 15) is 9.59 Å². The van der Waals surface area contributed by atoms with Gasteiger partial charge < -0.3 is 34.3 Å². The Hall–Kier alpha value is -2.23. The molecular weight excluding hydrogens is 280 g/mol. The molecule has 0 saturated carbocycles. The van der Waals surface area contributed by atoms with Crippen LogP contribution in [0.3, 0.4) is 0 Å². The van der Waals surface area contributed by atoms with E-state index in [2.05, 4.69) is 14.2 Å². The van der Waals surface area contributed by atoms with Crippen molar-refractivity contribution in [3.63, 3.8) is 0 Å². The summed E-state index contributed by atoms with van der Waals surface area (Å²) in [6.07, 6.45) is -3.22. The van der Waals surface area contributed by atoms with Crippen LogP contribution in [0.15, 0.2) is 0 Å². The highest BCUT2D eigenvalue weighted by molar-refractivity contribution is 5.57. The van der Waals surface area contributed by atoms with Crippen molar-refractivity contribution < 1.29 is 48.7 Å². The van der Waals surface area contributed by atoms with Crippen LogP contribution in [-0.4, -0.2) is 66.8 Å². The van der Waals surface area contributed by atoms with Crippen LogP contribution < -0.4 is 0 Å². The van der Waals surface area contributed by atoms with Gasteiger partial charge in [0.05, 0.1) is 26.9 Å². The van der Waals surface area contributed by atoms with Gasteiger partial charge in [-0.1, -0.05) is 0 Å². The molecule has 1 unspecified atom stereocenters. The number of hydrogen-bond donors (Lipinski definition) is 3. The number of carboxylic acid groups (broad SMARTS) is 3. The molecule has 1 saturated heterocycles. The zero-order valence-electron chi connectivity index (χ0n) is 11.1. The minimum Gasteiger partial charge on any atom is -0.450 e. The summed E-state index contributed by atoms with van der Waals surface area (Å²) in [5.74, 6) is 0. The standard InChI is InChI=1S/C5H8O4.C3H6O3.C2H4O3/c6-5(7)9-4-1-2-8-3-4;1-2-6-3(4)5;1-5-2(3)4/h4H,1-3H2,(H,6,7);2H2,1H3,(H,4,5);1H3,(H,3,4). The zero-order chi connectivity index (χ0) is 16.0. The normalized spacial score (nSPS) is 15.6. The lowest BCUT2D eigenvalue weighted by Crippen LogP contribution is -2.15. The van der Waals surface area contributed by atoms with Gasteiger partial charge in [-0.2, -0.15) is 0 Å². The molecule has 0 aliphatic carbocycles. The van der Waals surface area contributed by atoms with Crippen LogP contribution in [0.1, 0.15) is 13.3 Å². The van der Waals surface area contributed by atoms with Crippen LogP contribution in [0.2, 0.25) is 0 Å². The molecule has 1 fully saturated rings. The number of rotatable bonds is 2. The fraction of sp³-hybridized carbons (Fsp3) is 0.700. The highest BCUT2D eigenvalue weighted by atomic mass is 16.7. The lowest BCUT2D eigenvalue weighted by atomic mass is 10.3. The summed E-state index contributed by atoms with van der Waals surface area (Å²) in [6.45, 7) is 2.87. The summed E-state index contributed by atoms with van der Waals surface area (Å²) < 4.78 is 16.9. The van der Waals surface area contributed by atoms with Crippen molar-refractivity contribution >= 4 is 18.5 Å². The maximum absolute atomic E-state index is 9.88. The van der Waals surface area contributed by atoms with Crippen molar-refractivity contribution in [3.8, 4) is 0 Å². The van der Waals surface area contributed by atoms with E-state index in [-0.39, 0.29) is 12.7 Å². The first-order valence-electron chi connectivity index (χ1n) is 5.43. The van der Waals surface area contributed by atoms with Gasteiger partial charge in [0.15, 0.2) is 0 Å². The van der Waals surface area contributed by atoms with Gasteiger partial charge in [0.2, 0.25) is 0 Å². The smallest absolute Gasteiger partial charge is 0.450 e. The Bertz CT molecular complexity index is 284. The molecule has 0 aromatic carbocycles. The summed E-state index contributed by atoms with van der Waals surface area (Å²) in [4.78, 5) is 28.4. The molecule has 0 spiro atoms. The van der Waals surface area contributed by atoms with Gasteiger partial charge >= 0.3 is 18.5 Å². The van der Waals surface area contributed by atoms with Crippen molar-refractivity contribution in [2.24, 2.45) is 0 Å². The molecule has 0 radical (unpaired) electrons. The molecule has 1 rings (SSSR count). The molecule has 3 N–H and O–H groups in total. The minimum absolute atomic E-state index is 0.231. The molecule has 0 aromatic heterocycles. The van der Waals surface area contributed by atoms with Crippen LogP contribution in [-0.2, 0) is 18.9 Å². The quantitative estimate of drug-likeness (QED) is 0.505. The Morgan fingerprint density at radius 1 is 1.15 bits per heavy atom. The Morgan fingerprint density at radius 2 is 1.70 bits per heavy atom. The third-order valence-corrected chi connectivity index (χ3v) is 1.60. The van der Waals surface area contributed by atoms with Crippen LogP contribution in [0, 0.1) is 0 Å². The van der Waals surface area contributed by atoms with Crippen LogP contribution in [0.4, 0.5) is 14.4 Å². The SMILES string of the molecule is CCOC(=O)O.COC(=O)O.O=C(O)OC1CCOC1. The Morgan fingerprint density at radius 3 is 1.90 bits per heavy atom. The zero-order valence-corrected chi connectivity index (χ0v) is 11.1. The largest absolute Gasteiger partial charge is 0.506 e. The molecule has 10 nitrogen and oxygen atoms in total. The third-order valence-electron chi connectivity index (χ3n) is 1.60. The first-order valence-corrected chi connectivity index (χ1v) is 5.43. The van der Waals surface area contributed by atoms with Crippen molar-refractivity contribution in [1.29, 1.82) is 0 Å². The molecule has 0 bridgehead atoms. The highest BCUT2D eigenvalue weighted by Crippen LogP contribution is 2.07. The lowest BCUT2D eigenvalue weighted by molar-refractivity contribution is 0.0449. The molecule has 1 aliphatic rings. The Kier molecular flexibility index (Phi) is 13.3. The van der Waals surface area contributed by atoms with E-state index in [0.29, 0.717) is 19.6 Å². The fourth-order valence-electron chi connectivity index (χ4n) is 0.872. The van der Waals surface area contributed by atoms with E-state index < -0.39 is 18.5 Å². The first kappa shape index (κ1) is 20.1. The summed E-state index contributed by atoms with van der Waals surface area (Å²) in [7, 11) is 1.10. The van der Waals surface area contributed by atoms with Crippen molar-refractivity contribution in [3.05, 3.63) is 0 Å². The van der Waals surface area contributed by atoms with Crippen LogP contribution in [0.25, 0.3) is 0 Å². The van der Waals surface area contributed by atoms with E-state index in [1.54, 1.807) is 6.92 Å². The molecule has 0 aromatic rings. The second-order valence-corrected chi connectivity index (χ2v) is 3.04. The lowest BCUT2D eigenvalue weighted by Gasteiger charge is -2.03. The molecule has 1 atom stereocenters. The summed E-state index contributed by atoms with van der Waals surface area (Å²) in [5.41, 5.74) is 0. The Balaban J connectivity index is 0. The van der Waals surface area contributed by atoms with Gasteiger partial charge in [0.1, 0.15) is 6.10 Å². The maximum Gasteiger partial charge on any atom is 0.506 e. The predicted octanol–water partition coefficient (Wildman–Crippen LogP) is 1.48. The van der Waals surface area contributed by atoms with E-state index in [1.165, 1.54) is 0 Å². The Labute approximate surface area is 114 Å². The summed E-state index contributed by atoms with van der Waals surface area (Å²) in [6, 6.07) is 0. The van der Waals surface area contributed by atoms with Gasteiger partial charge in [-0.05, 0) is 6.92 Å². The second-order valence-electron chi connectivity index (χ2n) is 3.04. The number of carbonyl (C=O) groups is 3. The van der Waals surface area contributed by atoms with Crippen LogP contribution in [0.5, 0.6) is 0 Å². The van der Waals surface area contributed by atoms with E-state index in [0.717, 1.165) is 7.11 Å². The summed E-state index contributed by atoms with van der Waals surface area (Å²) in [5, 5.41) is 23.3. The van der Waals surface area contributed by atoms with E-state index in [4.69, 9.17) is 24.9 Å². The topological polar surface area (TPSA) is 149 Å². The highest BCUT2D eigenvalue weighted by Gasteiger charge is 2.18. The maximum atomic E-state index is 9.88. The molecular formula is C10H18O10. The predicted molar refractivity (Wildman–Crippen MR) is 63.0 cm³/mol. The first-order chi connectivity index (χ1) is 9.33. The molecule has 1 heterocycles. The monoisotopic (exact) mass is 298 g/mol. The average molecular weight is 298 g/mol. The molecule has 0 amide bonds. The van der Waals surface area contributed by atoms with Crippen molar-refractivity contribution in [2.75, 3.05) is 26.9 Å². The molecule has 1 aliphatic heterocycles. The van der Waals surface area contributed by atoms with Crippen LogP contribution >= 0.6 is 0 Å². The van der Waals surface area contributed by atoms with E-state index in [1.807, 2.05) is 0 Å². The van der Waals surface area contributed by atoms with Gasteiger partial charge in [0, 0.05) is 6.42 Å². The van der Waals surface area contributed by atoms with Gasteiger partial charge in [0.25, 0.3) is 0 Å². The van der Waals surface area contributed by atoms with Gasteiger partial charge in [-0.3, -0.25) is 0 Å². The minimum atomic E-state index is -1.25. The second kappa shape index (κ2) is 13.2. The van der Waals surface area contributed by atoms with Crippen molar-refractivity contribution in [2.45, 2.75) is 19.4 Å². The number of ether oxygens (including phenoxy) is 4. The average Bonchev–Trinajstić information content (AvgIpc) is 2.82. The summed E-state index contributed by atoms with van der Waals surface area (Å²) >= 11 is 0. The van der Waals surface area contributed by atoms with E-state index >= 15 is 0 Å². The fourth-order valence-corrected chi connectivity index (χ4v) is 0.872. The van der Waals surface area contributed by atoms with Crippen molar-refractivity contribution in [1.82, 2.24) is 0 Å².